The Morgan fingerprint density at radius 3 is 2.63 bits per heavy atom. The average molecular weight is 400 g/mol. The van der Waals surface area contributed by atoms with Gasteiger partial charge in [-0.2, -0.15) is 5.21 Å². The van der Waals surface area contributed by atoms with Crippen molar-refractivity contribution >= 4 is 11.5 Å². The largest absolute Gasteiger partial charge is 0.504 e. The molecule has 0 spiro atoms. The molecule has 4 rings (SSSR count). The highest BCUT2D eigenvalue weighted by molar-refractivity contribution is 6.08. The number of rotatable bonds is 8. The second kappa shape index (κ2) is 8.95. The monoisotopic (exact) mass is 400 g/mol. The molecule has 0 amide bonds. The molecule has 0 bridgehead atoms. The fourth-order valence-electron chi connectivity index (χ4n) is 3.21. The molecule has 3 heterocycles. The van der Waals surface area contributed by atoms with E-state index in [1.807, 2.05) is 47.2 Å². The summed E-state index contributed by atoms with van der Waals surface area (Å²) in [5.74, 6) is -0.678. The smallest absolute Gasteiger partial charge is 0.239 e. The lowest BCUT2D eigenvalue weighted by Crippen LogP contribution is -2.01. The van der Waals surface area contributed by atoms with Crippen LogP contribution < -0.4 is 0 Å². The lowest BCUT2D eigenvalue weighted by Gasteiger charge is -2.02. The number of tetrazole rings is 1. The number of pyridine rings is 1. The Hall–Kier alpha value is -4.07. The maximum atomic E-state index is 12.9. The van der Waals surface area contributed by atoms with Gasteiger partial charge >= 0.3 is 0 Å². The summed E-state index contributed by atoms with van der Waals surface area (Å²) >= 11 is 0. The van der Waals surface area contributed by atoms with Crippen LogP contribution in [0.4, 0.5) is 0 Å². The van der Waals surface area contributed by atoms with Gasteiger partial charge in [-0.1, -0.05) is 36.4 Å². The van der Waals surface area contributed by atoms with Crippen molar-refractivity contribution in [2.24, 2.45) is 0 Å². The molecule has 0 saturated carbocycles. The quantitative estimate of drug-likeness (QED) is 0.267. The summed E-state index contributed by atoms with van der Waals surface area (Å²) in [4.78, 5) is 17.2. The molecule has 3 aromatic heterocycles. The van der Waals surface area contributed by atoms with Gasteiger partial charge in [0.05, 0.1) is 12.2 Å². The first kappa shape index (κ1) is 19.3. The van der Waals surface area contributed by atoms with Crippen LogP contribution in [0.5, 0.6) is 0 Å². The van der Waals surface area contributed by atoms with Crippen molar-refractivity contribution in [3.8, 4) is 0 Å². The van der Waals surface area contributed by atoms with Gasteiger partial charge in [-0.25, -0.2) is 0 Å². The number of aliphatic hydroxyl groups excluding tert-OH is 1. The molecule has 2 N–H and O–H groups in total. The van der Waals surface area contributed by atoms with Crippen LogP contribution in [-0.2, 0) is 19.4 Å². The summed E-state index contributed by atoms with van der Waals surface area (Å²) in [6, 6.07) is 15.8. The number of H-pyrrole nitrogens is 1. The van der Waals surface area contributed by atoms with E-state index >= 15 is 0 Å². The maximum Gasteiger partial charge on any atom is 0.239 e. The number of nitrogens with one attached hydrogen (secondary N) is 1. The Bertz CT molecular complexity index is 1140. The Balaban J connectivity index is 1.60. The van der Waals surface area contributed by atoms with Gasteiger partial charge in [-0.3, -0.25) is 9.78 Å². The molecule has 0 aliphatic carbocycles. The molecule has 8 heteroatoms. The molecule has 8 nitrogen and oxygen atoms in total. The molecule has 1 aromatic carbocycles. The van der Waals surface area contributed by atoms with Crippen molar-refractivity contribution in [2.45, 2.75) is 19.4 Å². The van der Waals surface area contributed by atoms with Crippen LogP contribution >= 0.6 is 0 Å². The summed E-state index contributed by atoms with van der Waals surface area (Å²) in [6.07, 6.45) is 8.11. The molecule has 0 unspecified atom stereocenters. The van der Waals surface area contributed by atoms with Gasteiger partial charge in [-0.15, -0.1) is 10.2 Å². The highest BCUT2D eigenvalue weighted by atomic mass is 16.3. The number of aliphatic hydroxyl groups is 1. The Morgan fingerprint density at radius 2 is 1.90 bits per heavy atom. The number of carbonyl (C=O) groups is 1. The third-order valence-electron chi connectivity index (χ3n) is 4.67. The van der Waals surface area contributed by atoms with Crippen LogP contribution in [0.3, 0.4) is 0 Å². The van der Waals surface area contributed by atoms with E-state index in [1.54, 1.807) is 12.4 Å². The fraction of sp³-hybridized carbons (Fsp3) is 0.136. The molecule has 4 aromatic rings. The molecule has 0 atom stereocenters. The van der Waals surface area contributed by atoms with Crippen molar-refractivity contribution in [1.82, 2.24) is 30.2 Å². The zero-order valence-electron chi connectivity index (χ0n) is 16.1. The predicted octanol–water partition coefficient (Wildman–Crippen LogP) is 3.01. The van der Waals surface area contributed by atoms with Crippen LogP contribution in [0.1, 0.15) is 33.0 Å². The Labute approximate surface area is 172 Å². The molecule has 0 aliphatic heterocycles. The molecule has 150 valence electrons. The van der Waals surface area contributed by atoms with E-state index in [0.717, 1.165) is 23.8 Å². The van der Waals surface area contributed by atoms with Crippen molar-refractivity contribution in [1.29, 1.82) is 0 Å². The molecule has 0 radical (unpaired) electrons. The molecule has 0 fully saturated rings. The average Bonchev–Trinajstić information content (AvgIpc) is 3.44. The van der Waals surface area contributed by atoms with E-state index in [2.05, 4.69) is 37.7 Å². The van der Waals surface area contributed by atoms with E-state index in [1.165, 1.54) is 5.56 Å². The Morgan fingerprint density at radius 1 is 1.07 bits per heavy atom. The second-order valence-corrected chi connectivity index (χ2v) is 6.81. The van der Waals surface area contributed by atoms with Crippen molar-refractivity contribution < 1.29 is 9.90 Å². The van der Waals surface area contributed by atoms with Gasteiger partial charge in [-0.05, 0) is 41.3 Å². The summed E-state index contributed by atoms with van der Waals surface area (Å²) in [5, 5.41) is 23.1. The number of allylic oxidation sites excluding steroid dienone is 1. The van der Waals surface area contributed by atoms with E-state index in [-0.39, 0.29) is 17.4 Å². The summed E-state index contributed by atoms with van der Waals surface area (Å²) in [7, 11) is 0. The molecule has 0 aliphatic rings. The van der Waals surface area contributed by atoms with E-state index in [0.29, 0.717) is 18.5 Å². The minimum absolute atomic E-state index is 0.0258. The van der Waals surface area contributed by atoms with Crippen LogP contribution in [0, 0.1) is 0 Å². The van der Waals surface area contributed by atoms with Gasteiger partial charge < -0.3 is 9.67 Å². The van der Waals surface area contributed by atoms with Crippen LogP contribution in [-0.4, -0.2) is 41.1 Å². The van der Waals surface area contributed by atoms with Crippen LogP contribution in [0.15, 0.2) is 73.2 Å². The number of nitrogens with zero attached hydrogens (tertiary/aromatic N) is 5. The van der Waals surface area contributed by atoms with Gasteiger partial charge in [0.25, 0.3) is 0 Å². The first-order valence-electron chi connectivity index (χ1n) is 9.50. The second-order valence-electron chi connectivity index (χ2n) is 6.81. The third kappa shape index (κ3) is 4.67. The number of hydrogen-bond donors (Lipinski definition) is 2. The van der Waals surface area contributed by atoms with Crippen molar-refractivity contribution in [3.63, 3.8) is 0 Å². The van der Waals surface area contributed by atoms with Crippen molar-refractivity contribution in [2.75, 3.05) is 0 Å². The Kier molecular flexibility index (Phi) is 5.75. The number of ketones is 1. The predicted molar refractivity (Wildman–Crippen MR) is 111 cm³/mol. The van der Waals surface area contributed by atoms with Crippen LogP contribution in [0.25, 0.3) is 5.76 Å². The zero-order valence-corrected chi connectivity index (χ0v) is 16.1. The number of aromatic amines is 1. The summed E-state index contributed by atoms with van der Waals surface area (Å²) in [5.41, 5.74) is 3.51. The molecule has 30 heavy (non-hydrogen) atoms. The summed E-state index contributed by atoms with van der Waals surface area (Å²) in [6.45, 7) is 0.549. The fourth-order valence-corrected chi connectivity index (χ4v) is 3.21. The topological polar surface area (TPSA) is 110 Å². The van der Waals surface area contributed by atoms with Gasteiger partial charge in [0.15, 0.2) is 11.5 Å². The number of aryl methyl sites for hydroxylation is 2. The standard InChI is InChI=1S/C22H20N6O2/c29-20(12-21(30)22-24-26-27-25-22)19-15-28(14-18-8-4-5-11-23-18)13-17(19)10-9-16-6-2-1-3-7-16/h1-8,11-13,15,30H,9-10,14H2,(H,24,25,26,27). The maximum absolute atomic E-state index is 12.9. The number of hydrogen-bond acceptors (Lipinski definition) is 6. The highest BCUT2D eigenvalue weighted by Crippen LogP contribution is 2.18. The molecule has 0 saturated heterocycles. The number of carbonyl (C=O) groups excluding carboxylic acids is 1. The van der Waals surface area contributed by atoms with E-state index < -0.39 is 0 Å². The first-order valence-corrected chi connectivity index (χ1v) is 9.50. The minimum atomic E-state index is -0.333. The molecular weight excluding hydrogens is 380 g/mol. The van der Waals surface area contributed by atoms with E-state index in [4.69, 9.17) is 0 Å². The van der Waals surface area contributed by atoms with Gasteiger partial charge in [0.2, 0.25) is 5.82 Å². The summed E-state index contributed by atoms with van der Waals surface area (Å²) < 4.78 is 1.94. The first-order chi connectivity index (χ1) is 14.7. The van der Waals surface area contributed by atoms with Crippen LogP contribution in [0.2, 0.25) is 0 Å². The lowest BCUT2D eigenvalue weighted by molar-refractivity contribution is 0.104. The minimum Gasteiger partial charge on any atom is -0.504 e. The van der Waals surface area contributed by atoms with E-state index in [9.17, 15) is 9.90 Å². The zero-order chi connectivity index (χ0) is 20.8. The number of benzene rings is 1. The highest BCUT2D eigenvalue weighted by Gasteiger charge is 2.16. The number of aromatic nitrogens is 6. The molecular formula is C22H20N6O2. The SMILES string of the molecule is O=C(C=C(O)c1nn[nH]n1)c1cn(Cc2ccccn2)cc1CCc1ccccc1. The normalized spacial score (nSPS) is 11.5. The lowest BCUT2D eigenvalue weighted by atomic mass is 10.0. The van der Waals surface area contributed by atoms with Crippen molar-refractivity contribution in [3.05, 3.63) is 101 Å². The third-order valence-corrected chi connectivity index (χ3v) is 4.67. The van der Waals surface area contributed by atoms with Gasteiger partial charge in [0.1, 0.15) is 0 Å². The van der Waals surface area contributed by atoms with Gasteiger partial charge in [0, 0.05) is 30.2 Å².